The van der Waals surface area contributed by atoms with Gasteiger partial charge < -0.3 is 15.0 Å². The normalized spacial score (nSPS) is 10.3. The lowest BCUT2D eigenvalue weighted by Crippen LogP contribution is -2.19. The van der Waals surface area contributed by atoms with Crippen LogP contribution >= 0.6 is 0 Å². The van der Waals surface area contributed by atoms with E-state index >= 15 is 0 Å². The summed E-state index contributed by atoms with van der Waals surface area (Å²) in [4.78, 5) is 23.4. The van der Waals surface area contributed by atoms with Crippen molar-refractivity contribution in [1.29, 1.82) is 0 Å². The number of aryl methyl sites for hydroxylation is 1. The van der Waals surface area contributed by atoms with E-state index in [1.165, 1.54) is 0 Å². The van der Waals surface area contributed by atoms with Crippen molar-refractivity contribution < 1.29 is 9.53 Å². The number of hydrogen-bond acceptors (Lipinski definition) is 5. The van der Waals surface area contributed by atoms with E-state index in [0.29, 0.717) is 28.8 Å². The first-order valence-electron chi connectivity index (χ1n) is 8.17. The lowest BCUT2D eigenvalue weighted by molar-refractivity contribution is 0.102. The molecule has 0 atom stereocenters. The zero-order chi connectivity index (χ0) is 18.5. The molecule has 6 heteroatoms. The highest BCUT2D eigenvalue weighted by atomic mass is 16.5. The van der Waals surface area contributed by atoms with Gasteiger partial charge in [0.25, 0.3) is 5.91 Å². The number of anilines is 3. The number of carbonyl (C=O) groups is 1. The number of nitrogens with one attached hydrogen (secondary N) is 1. The van der Waals surface area contributed by atoms with Crippen LogP contribution in [0.1, 0.15) is 16.2 Å². The topological polar surface area (TPSA) is 67.3 Å². The molecule has 0 saturated heterocycles. The first kappa shape index (κ1) is 17.4. The van der Waals surface area contributed by atoms with Crippen LogP contribution in [0.15, 0.2) is 60.7 Å². The largest absolute Gasteiger partial charge is 0.495 e. The van der Waals surface area contributed by atoms with Crippen molar-refractivity contribution in [3.8, 4) is 5.75 Å². The van der Waals surface area contributed by atoms with Crippen molar-refractivity contribution in [2.75, 3.05) is 24.4 Å². The Morgan fingerprint density at radius 3 is 2.46 bits per heavy atom. The molecular formula is C20H20N4O2. The highest BCUT2D eigenvalue weighted by Crippen LogP contribution is 2.24. The Kier molecular flexibility index (Phi) is 5.12. The van der Waals surface area contributed by atoms with Crippen LogP contribution in [0.2, 0.25) is 0 Å². The van der Waals surface area contributed by atoms with Gasteiger partial charge in [-0.05, 0) is 37.3 Å². The fourth-order valence-electron chi connectivity index (χ4n) is 2.52. The lowest BCUT2D eigenvalue weighted by atomic mass is 10.2. The van der Waals surface area contributed by atoms with Gasteiger partial charge in [0.2, 0.25) is 5.95 Å². The molecule has 0 aliphatic rings. The molecule has 26 heavy (non-hydrogen) atoms. The number of benzene rings is 2. The average Bonchev–Trinajstić information content (AvgIpc) is 2.68. The molecule has 3 aromatic rings. The molecule has 0 spiro atoms. The van der Waals surface area contributed by atoms with E-state index < -0.39 is 0 Å². The quantitative estimate of drug-likeness (QED) is 0.759. The minimum absolute atomic E-state index is 0.293. The molecule has 1 N–H and O–H groups in total. The van der Waals surface area contributed by atoms with E-state index in [2.05, 4.69) is 15.3 Å². The fraction of sp³-hybridized carbons (Fsp3) is 0.150. The molecule has 132 valence electrons. The maximum absolute atomic E-state index is 12.7. The molecule has 1 amide bonds. The summed E-state index contributed by atoms with van der Waals surface area (Å²) in [6.45, 7) is 1.84. The summed E-state index contributed by atoms with van der Waals surface area (Å²) >= 11 is 0. The first-order valence-corrected chi connectivity index (χ1v) is 8.17. The number of para-hydroxylation sites is 3. The smallest absolute Gasteiger partial charge is 0.274 e. The third kappa shape index (κ3) is 3.80. The van der Waals surface area contributed by atoms with Crippen LogP contribution in [0.4, 0.5) is 17.3 Å². The molecular weight excluding hydrogens is 328 g/mol. The maximum atomic E-state index is 12.7. The second-order valence-electron chi connectivity index (χ2n) is 5.74. The van der Waals surface area contributed by atoms with Crippen LogP contribution in [0.3, 0.4) is 0 Å². The van der Waals surface area contributed by atoms with E-state index in [0.717, 1.165) is 5.69 Å². The highest BCUT2D eigenvalue weighted by molar-refractivity contribution is 6.03. The van der Waals surface area contributed by atoms with Gasteiger partial charge in [-0.25, -0.2) is 9.97 Å². The molecule has 6 nitrogen and oxygen atoms in total. The number of nitrogens with zero attached hydrogens (tertiary/aromatic N) is 3. The number of amides is 1. The SMILES string of the molecule is COc1ccccc1NC(=O)c1cc(C)nc(N(C)c2ccccc2)n1. The van der Waals surface area contributed by atoms with Crippen LogP contribution in [0, 0.1) is 6.92 Å². The van der Waals surface area contributed by atoms with E-state index in [-0.39, 0.29) is 5.91 Å². The average molecular weight is 348 g/mol. The summed E-state index contributed by atoms with van der Waals surface area (Å²) in [5, 5.41) is 2.84. The minimum atomic E-state index is -0.317. The van der Waals surface area contributed by atoms with Crippen molar-refractivity contribution in [3.05, 3.63) is 72.1 Å². The predicted molar refractivity (Wildman–Crippen MR) is 102 cm³/mol. The van der Waals surface area contributed by atoms with Gasteiger partial charge >= 0.3 is 0 Å². The third-order valence-corrected chi connectivity index (χ3v) is 3.87. The minimum Gasteiger partial charge on any atom is -0.495 e. The Labute approximate surface area is 152 Å². The fourth-order valence-corrected chi connectivity index (χ4v) is 2.52. The number of carbonyl (C=O) groups excluding carboxylic acids is 1. The van der Waals surface area contributed by atoms with Crippen molar-refractivity contribution in [1.82, 2.24) is 9.97 Å². The monoisotopic (exact) mass is 348 g/mol. The summed E-state index contributed by atoms with van der Waals surface area (Å²) in [7, 11) is 3.43. The summed E-state index contributed by atoms with van der Waals surface area (Å²) in [6.07, 6.45) is 0. The molecule has 2 aromatic carbocycles. The Balaban J connectivity index is 1.88. The standard InChI is InChI=1S/C20H20N4O2/c1-14-13-17(19(25)22-16-11-7-8-12-18(16)26-3)23-20(21-14)24(2)15-9-5-4-6-10-15/h4-13H,1-3H3,(H,22,25). The molecule has 0 bridgehead atoms. The molecule has 0 aliphatic heterocycles. The maximum Gasteiger partial charge on any atom is 0.274 e. The Morgan fingerprint density at radius 2 is 1.73 bits per heavy atom. The number of rotatable bonds is 5. The molecule has 0 unspecified atom stereocenters. The molecule has 0 aliphatic carbocycles. The van der Waals surface area contributed by atoms with E-state index in [4.69, 9.17) is 4.74 Å². The molecule has 0 radical (unpaired) electrons. The van der Waals surface area contributed by atoms with Gasteiger partial charge in [0.1, 0.15) is 11.4 Å². The summed E-state index contributed by atoms with van der Waals surface area (Å²) in [5.41, 5.74) is 2.53. The summed E-state index contributed by atoms with van der Waals surface area (Å²) in [6, 6.07) is 18.6. The van der Waals surface area contributed by atoms with Gasteiger partial charge in [-0.3, -0.25) is 4.79 Å². The van der Waals surface area contributed by atoms with Crippen molar-refractivity contribution in [3.63, 3.8) is 0 Å². The highest BCUT2D eigenvalue weighted by Gasteiger charge is 2.15. The van der Waals surface area contributed by atoms with E-state index in [9.17, 15) is 4.79 Å². The van der Waals surface area contributed by atoms with Gasteiger partial charge in [-0.1, -0.05) is 30.3 Å². The summed E-state index contributed by atoms with van der Waals surface area (Å²) < 4.78 is 5.27. The van der Waals surface area contributed by atoms with Gasteiger partial charge in [-0.15, -0.1) is 0 Å². The third-order valence-electron chi connectivity index (χ3n) is 3.87. The van der Waals surface area contributed by atoms with Gasteiger partial charge in [0.05, 0.1) is 12.8 Å². The van der Waals surface area contributed by atoms with Crippen LogP contribution in [-0.4, -0.2) is 30.0 Å². The number of aromatic nitrogens is 2. The van der Waals surface area contributed by atoms with E-state index in [1.54, 1.807) is 25.3 Å². The molecule has 1 aromatic heterocycles. The predicted octanol–water partition coefficient (Wildman–Crippen LogP) is 3.81. The van der Waals surface area contributed by atoms with Crippen molar-refractivity contribution in [2.45, 2.75) is 6.92 Å². The molecule has 0 saturated carbocycles. The zero-order valence-corrected chi connectivity index (χ0v) is 14.9. The van der Waals surface area contributed by atoms with Gasteiger partial charge in [0.15, 0.2) is 0 Å². The van der Waals surface area contributed by atoms with Crippen LogP contribution in [0.5, 0.6) is 5.75 Å². The van der Waals surface area contributed by atoms with Crippen LogP contribution in [-0.2, 0) is 0 Å². The van der Waals surface area contributed by atoms with Gasteiger partial charge in [-0.2, -0.15) is 0 Å². The molecule has 1 heterocycles. The van der Waals surface area contributed by atoms with Crippen molar-refractivity contribution in [2.24, 2.45) is 0 Å². The second kappa shape index (κ2) is 7.65. The second-order valence-corrected chi connectivity index (χ2v) is 5.74. The first-order chi connectivity index (χ1) is 12.6. The number of ether oxygens (including phenoxy) is 1. The Morgan fingerprint density at radius 1 is 1.04 bits per heavy atom. The van der Waals surface area contributed by atoms with E-state index in [1.807, 2.05) is 61.3 Å². The summed E-state index contributed by atoms with van der Waals surface area (Å²) in [5.74, 6) is 0.734. The number of methoxy groups -OCH3 is 1. The molecule has 0 fully saturated rings. The Hall–Kier alpha value is -3.41. The Bertz CT molecular complexity index is 913. The van der Waals surface area contributed by atoms with Crippen molar-refractivity contribution >= 4 is 23.2 Å². The molecule has 3 rings (SSSR count). The van der Waals surface area contributed by atoms with Gasteiger partial charge in [0, 0.05) is 18.4 Å². The lowest BCUT2D eigenvalue weighted by Gasteiger charge is -2.18. The van der Waals surface area contributed by atoms with Crippen LogP contribution < -0.4 is 15.0 Å². The zero-order valence-electron chi connectivity index (χ0n) is 14.9. The van der Waals surface area contributed by atoms with Crippen LogP contribution in [0.25, 0.3) is 0 Å². The number of hydrogen-bond donors (Lipinski definition) is 1.